The number of hydrogen-bond donors (Lipinski definition) is 3. The molecule has 3 rings (SSSR count). The zero-order valence-electron chi connectivity index (χ0n) is 12.2. The number of nitriles is 1. The Kier molecular flexibility index (Phi) is 4.33. The topological polar surface area (TPSA) is 96.8 Å². The standard InChI is InChI=1S/C13H13F3N6OS/c14-13(15,16)12-18-10-2-1-8(5-11(10)19-12)20-24(23)21-9-3-4-22(6-9)7-17/h1-2,5,9,20-21H,3-4,6H2,(H,18,19). The maximum Gasteiger partial charge on any atom is 0.449 e. The predicted molar refractivity (Wildman–Crippen MR) is 81.6 cm³/mol. The average Bonchev–Trinajstić information content (AvgIpc) is 3.12. The van der Waals surface area contributed by atoms with E-state index in [-0.39, 0.29) is 17.1 Å². The van der Waals surface area contributed by atoms with Crippen LogP contribution in [0, 0.1) is 11.5 Å². The monoisotopic (exact) mass is 358 g/mol. The van der Waals surface area contributed by atoms with E-state index in [4.69, 9.17) is 5.26 Å². The Morgan fingerprint density at radius 3 is 2.92 bits per heavy atom. The Balaban J connectivity index is 1.67. The molecule has 0 bridgehead atoms. The van der Waals surface area contributed by atoms with Crippen LogP contribution in [0.4, 0.5) is 18.9 Å². The maximum atomic E-state index is 12.6. The van der Waals surface area contributed by atoms with E-state index in [1.54, 1.807) is 4.90 Å². The lowest BCUT2D eigenvalue weighted by Crippen LogP contribution is -2.35. The summed E-state index contributed by atoms with van der Waals surface area (Å²) in [5, 5.41) is 8.78. The zero-order valence-corrected chi connectivity index (χ0v) is 13.0. The molecule has 0 amide bonds. The lowest BCUT2D eigenvalue weighted by molar-refractivity contribution is -0.144. The van der Waals surface area contributed by atoms with Crippen molar-refractivity contribution >= 4 is 27.9 Å². The van der Waals surface area contributed by atoms with Crippen LogP contribution in [0.15, 0.2) is 18.2 Å². The van der Waals surface area contributed by atoms with E-state index >= 15 is 0 Å². The summed E-state index contributed by atoms with van der Waals surface area (Å²) < 4.78 is 55.4. The van der Waals surface area contributed by atoms with Gasteiger partial charge in [0.2, 0.25) is 5.82 Å². The number of imidazole rings is 1. The molecule has 2 atom stereocenters. The molecule has 0 saturated carbocycles. The van der Waals surface area contributed by atoms with Gasteiger partial charge in [-0.25, -0.2) is 13.9 Å². The molecular weight excluding hydrogens is 345 g/mol. The van der Waals surface area contributed by atoms with E-state index in [2.05, 4.69) is 19.4 Å². The van der Waals surface area contributed by atoms with Gasteiger partial charge < -0.3 is 9.88 Å². The summed E-state index contributed by atoms with van der Waals surface area (Å²) in [6.07, 6.45) is -1.84. The molecule has 11 heteroatoms. The first-order chi connectivity index (χ1) is 11.3. The number of halogens is 3. The minimum atomic E-state index is -4.55. The van der Waals surface area contributed by atoms with E-state index < -0.39 is 23.2 Å². The minimum absolute atomic E-state index is 0.0919. The molecule has 3 N–H and O–H groups in total. The van der Waals surface area contributed by atoms with Gasteiger partial charge in [-0.2, -0.15) is 18.4 Å². The van der Waals surface area contributed by atoms with Gasteiger partial charge in [-0.15, -0.1) is 0 Å². The third kappa shape index (κ3) is 3.60. The molecule has 0 radical (unpaired) electrons. The molecule has 1 aliphatic heterocycles. The Labute approximate surface area is 137 Å². The Morgan fingerprint density at radius 2 is 2.25 bits per heavy atom. The number of aromatic amines is 1. The quantitative estimate of drug-likeness (QED) is 0.725. The molecule has 1 fully saturated rings. The smallest absolute Gasteiger partial charge is 0.334 e. The number of rotatable bonds is 4. The summed E-state index contributed by atoms with van der Waals surface area (Å²) in [5.41, 5.74) is 0.758. The average molecular weight is 358 g/mol. The third-order valence-electron chi connectivity index (χ3n) is 3.56. The van der Waals surface area contributed by atoms with Crippen molar-refractivity contribution in [1.82, 2.24) is 19.6 Å². The van der Waals surface area contributed by atoms with Crippen molar-refractivity contribution in [1.29, 1.82) is 5.26 Å². The van der Waals surface area contributed by atoms with Crippen molar-refractivity contribution in [3.63, 3.8) is 0 Å². The van der Waals surface area contributed by atoms with Gasteiger partial charge >= 0.3 is 6.18 Å². The number of aromatic nitrogens is 2. The minimum Gasteiger partial charge on any atom is -0.334 e. The van der Waals surface area contributed by atoms with Crippen molar-refractivity contribution in [3.05, 3.63) is 24.0 Å². The van der Waals surface area contributed by atoms with Gasteiger partial charge in [-0.1, -0.05) is 0 Å². The highest BCUT2D eigenvalue weighted by molar-refractivity contribution is 7.84. The van der Waals surface area contributed by atoms with Crippen LogP contribution >= 0.6 is 0 Å². The van der Waals surface area contributed by atoms with Crippen LogP contribution in [0.1, 0.15) is 12.2 Å². The van der Waals surface area contributed by atoms with Crippen molar-refractivity contribution < 1.29 is 17.4 Å². The van der Waals surface area contributed by atoms with Crippen LogP contribution in [0.25, 0.3) is 11.0 Å². The maximum absolute atomic E-state index is 12.6. The van der Waals surface area contributed by atoms with Gasteiger partial charge in [0.05, 0.1) is 11.0 Å². The van der Waals surface area contributed by atoms with E-state index in [0.717, 1.165) is 0 Å². The second-order valence-electron chi connectivity index (χ2n) is 5.34. The second-order valence-corrected chi connectivity index (χ2v) is 6.31. The SMILES string of the molecule is N#CN1CCC(NS(=O)Nc2ccc3nc(C(F)(F)F)[nH]c3c2)C1. The van der Waals surface area contributed by atoms with Crippen molar-refractivity contribution in [3.8, 4) is 6.19 Å². The van der Waals surface area contributed by atoms with Gasteiger partial charge in [-0.05, 0) is 24.6 Å². The summed E-state index contributed by atoms with van der Waals surface area (Å²) in [7, 11) is 0. The number of nitrogens with zero attached hydrogens (tertiary/aromatic N) is 3. The van der Waals surface area contributed by atoms with Crippen LogP contribution in [-0.2, 0) is 17.3 Å². The van der Waals surface area contributed by atoms with E-state index in [9.17, 15) is 17.4 Å². The Bertz CT molecular complexity index is 814. The highest BCUT2D eigenvalue weighted by Crippen LogP contribution is 2.29. The fourth-order valence-electron chi connectivity index (χ4n) is 2.44. The molecular formula is C13H13F3N6OS. The molecule has 7 nitrogen and oxygen atoms in total. The van der Waals surface area contributed by atoms with E-state index in [1.165, 1.54) is 18.2 Å². The predicted octanol–water partition coefficient (Wildman–Crippen LogP) is 1.72. The van der Waals surface area contributed by atoms with Crippen LogP contribution < -0.4 is 9.44 Å². The van der Waals surface area contributed by atoms with E-state index in [0.29, 0.717) is 25.2 Å². The Hall–Kier alpha value is -2.32. The van der Waals surface area contributed by atoms with Gasteiger partial charge in [-0.3, -0.25) is 4.72 Å². The molecule has 2 heterocycles. The highest BCUT2D eigenvalue weighted by atomic mass is 32.2. The highest BCUT2D eigenvalue weighted by Gasteiger charge is 2.34. The molecule has 24 heavy (non-hydrogen) atoms. The molecule has 2 aromatic rings. The first-order valence-corrected chi connectivity index (χ1v) is 8.16. The molecule has 1 saturated heterocycles. The number of anilines is 1. The first-order valence-electron chi connectivity index (χ1n) is 7.01. The van der Waals surface area contributed by atoms with Crippen molar-refractivity contribution in [2.75, 3.05) is 17.8 Å². The molecule has 1 aromatic heterocycles. The summed E-state index contributed by atoms with van der Waals surface area (Å²) in [4.78, 5) is 7.23. The summed E-state index contributed by atoms with van der Waals surface area (Å²) in [6, 6.07) is 4.23. The third-order valence-corrected chi connectivity index (χ3v) is 4.53. The van der Waals surface area contributed by atoms with Crippen LogP contribution in [0.5, 0.6) is 0 Å². The van der Waals surface area contributed by atoms with Gasteiger partial charge in [0.15, 0.2) is 17.4 Å². The number of H-pyrrole nitrogens is 1. The van der Waals surface area contributed by atoms with Crippen molar-refractivity contribution in [2.24, 2.45) is 0 Å². The lowest BCUT2D eigenvalue weighted by Gasteiger charge is -2.12. The second kappa shape index (κ2) is 6.29. The number of alkyl halides is 3. The van der Waals surface area contributed by atoms with Crippen molar-refractivity contribution in [2.45, 2.75) is 18.6 Å². The fraction of sp³-hybridized carbons (Fsp3) is 0.385. The first kappa shape index (κ1) is 16.5. The lowest BCUT2D eigenvalue weighted by atomic mass is 10.3. The summed E-state index contributed by atoms with van der Waals surface area (Å²) in [5.74, 6) is -1.07. The largest absolute Gasteiger partial charge is 0.449 e. The normalized spacial score (nSPS) is 19.4. The number of hydrogen-bond acceptors (Lipinski definition) is 4. The molecule has 2 unspecified atom stereocenters. The summed E-state index contributed by atoms with van der Waals surface area (Å²) >= 11 is -1.62. The number of fused-ring (bicyclic) bond motifs is 1. The van der Waals surface area contributed by atoms with Crippen LogP contribution in [0.2, 0.25) is 0 Å². The van der Waals surface area contributed by atoms with Gasteiger partial charge in [0.25, 0.3) is 0 Å². The molecule has 128 valence electrons. The molecule has 1 aromatic carbocycles. The van der Waals surface area contributed by atoms with E-state index in [1.807, 2.05) is 6.19 Å². The van der Waals surface area contributed by atoms with Gasteiger partial charge in [0.1, 0.15) is 0 Å². The van der Waals surface area contributed by atoms with Crippen LogP contribution in [-0.4, -0.2) is 38.2 Å². The van der Waals surface area contributed by atoms with Crippen LogP contribution in [0.3, 0.4) is 0 Å². The molecule has 0 spiro atoms. The molecule has 1 aliphatic rings. The number of benzene rings is 1. The zero-order chi connectivity index (χ0) is 17.3. The fourth-order valence-corrected chi connectivity index (χ4v) is 3.34. The Morgan fingerprint density at radius 1 is 1.46 bits per heavy atom. The van der Waals surface area contributed by atoms with Gasteiger partial charge in [0, 0.05) is 24.8 Å². The summed E-state index contributed by atoms with van der Waals surface area (Å²) in [6.45, 7) is 1.07. The number of nitrogens with one attached hydrogen (secondary N) is 3. The number of likely N-dealkylation sites (tertiary alicyclic amines) is 1. The molecule has 0 aliphatic carbocycles.